The number of aldehydes is 1. The first-order chi connectivity index (χ1) is 9.71. The molecule has 0 saturated carbocycles. The number of carbonyl (C=O) groups excluding carboxylic acids is 2. The van der Waals surface area contributed by atoms with Gasteiger partial charge in [-0.3, -0.25) is 9.59 Å². The van der Waals surface area contributed by atoms with E-state index in [0.717, 1.165) is 31.1 Å². The van der Waals surface area contributed by atoms with Gasteiger partial charge in [0, 0.05) is 24.8 Å². The first-order valence-corrected chi connectivity index (χ1v) is 7.05. The molecular weight excluding hydrogens is 256 g/mol. The number of rotatable bonds is 3. The molecule has 1 aromatic rings. The summed E-state index contributed by atoms with van der Waals surface area (Å²) in [7, 11) is 0. The largest absolute Gasteiger partial charge is 0.459 e. The molecule has 4 nitrogen and oxygen atoms in total. The van der Waals surface area contributed by atoms with Gasteiger partial charge in [0.05, 0.1) is 19.1 Å². The highest BCUT2D eigenvalue weighted by molar-refractivity contribution is 5.76. The number of carbonyl (C=O) groups is 2. The molecule has 1 atom stereocenters. The smallest absolute Gasteiger partial charge is 0.309 e. The van der Waals surface area contributed by atoms with Gasteiger partial charge in [-0.05, 0) is 12.0 Å². The van der Waals surface area contributed by atoms with Gasteiger partial charge in [0.1, 0.15) is 11.9 Å². The molecule has 1 aromatic carbocycles. The molecule has 0 N–H and O–H groups in total. The van der Waals surface area contributed by atoms with Crippen molar-refractivity contribution in [3.63, 3.8) is 0 Å². The molecule has 0 aromatic heterocycles. The van der Waals surface area contributed by atoms with Crippen molar-refractivity contribution in [2.24, 2.45) is 5.92 Å². The van der Waals surface area contributed by atoms with Crippen LogP contribution < -0.4 is 0 Å². The fourth-order valence-electron chi connectivity index (χ4n) is 3.09. The highest BCUT2D eigenvalue weighted by Gasteiger charge is 2.47. The predicted molar refractivity (Wildman–Crippen MR) is 72.5 cm³/mol. The zero-order valence-electron chi connectivity index (χ0n) is 11.3. The molecule has 0 amide bonds. The molecule has 106 valence electrons. The van der Waals surface area contributed by atoms with E-state index in [1.54, 1.807) is 12.1 Å². The van der Waals surface area contributed by atoms with Crippen LogP contribution >= 0.6 is 0 Å². The zero-order chi connectivity index (χ0) is 14.0. The van der Waals surface area contributed by atoms with E-state index in [1.807, 2.05) is 12.1 Å². The molecule has 0 radical (unpaired) electrons. The summed E-state index contributed by atoms with van der Waals surface area (Å²) in [5.74, 6) is -0.165. The molecular formula is C16H18O4. The number of hydrogen-bond acceptors (Lipinski definition) is 4. The van der Waals surface area contributed by atoms with Crippen LogP contribution in [0, 0.1) is 5.92 Å². The first-order valence-electron chi connectivity index (χ1n) is 7.05. The summed E-state index contributed by atoms with van der Waals surface area (Å²) in [6.07, 6.45) is 3.90. The standard InChI is InChI=1S/C16H18O4/c17-11-13-3-1-12(2-4-13)9-14-10-16(20-15(14)18)5-7-19-8-6-16/h1-4,11,14H,5-10H2. The quantitative estimate of drug-likeness (QED) is 0.626. The summed E-state index contributed by atoms with van der Waals surface area (Å²) in [6.45, 7) is 1.35. The second-order valence-corrected chi connectivity index (χ2v) is 5.68. The van der Waals surface area contributed by atoms with Gasteiger partial charge in [-0.15, -0.1) is 0 Å². The minimum Gasteiger partial charge on any atom is -0.459 e. The fourth-order valence-corrected chi connectivity index (χ4v) is 3.09. The van der Waals surface area contributed by atoms with E-state index < -0.39 is 0 Å². The van der Waals surface area contributed by atoms with Crippen LogP contribution in [0.25, 0.3) is 0 Å². The van der Waals surface area contributed by atoms with Crippen LogP contribution in [0.4, 0.5) is 0 Å². The lowest BCUT2D eigenvalue weighted by atomic mass is 9.85. The van der Waals surface area contributed by atoms with Crippen molar-refractivity contribution < 1.29 is 19.1 Å². The summed E-state index contributed by atoms with van der Waals surface area (Å²) < 4.78 is 11.0. The Bertz CT molecular complexity index is 500. The Kier molecular flexibility index (Phi) is 3.57. The number of benzene rings is 1. The van der Waals surface area contributed by atoms with Crippen molar-refractivity contribution >= 4 is 12.3 Å². The van der Waals surface area contributed by atoms with Crippen LogP contribution in [-0.2, 0) is 20.7 Å². The molecule has 3 rings (SSSR count). The lowest BCUT2D eigenvalue weighted by molar-refractivity contribution is -0.156. The van der Waals surface area contributed by atoms with Gasteiger partial charge < -0.3 is 9.47 Å². The third-order valence-corrected chi connectivity index (χ3v) is 4.27. The maximum atomic E-state index is 12.1. The Labute approximate surface area is 118 Å². The highest BCUT2D eigenvalue weighted by atomic mass is 16.6. The van der Waals surface area contributed by atoms with Gasteiger partial charge in [-0.1, -0.05) is 24.3 Å². The van der Waals surface area contributed by atoms with E-state index in [2.05, 4.69) is 0 Å². The van der Waals surface area contributed by atoms with Gasteiger partial charge >= 0.3 is 5.97 Å². The van der Waals surface area contributed by atoms with Gasteiger partial charge in [0.15, 0.2) is 0 Å². The zero-order valence-corrected chi connectivity index (χ0v) is 11.3. The maximum Gasteiger partial charge on any atom is 0.309 e. The highest BCUT2D eigenvalue weighted by Crippen LogP contribution is 2.40. The van der Waals surface area contributed by atoms with Crippen molar-refractivity contribution in [2.75, 3.05) is 13.2 Å². The Morgan fingerprint density at radius 2 is 1.90 bits per heavy atom. The van der Waals surface area contributed by atoms with Crippen LogP contribution in [0.2, 0.25) is 0 Å². The molecule has 0 bridgehead atoms. The third kappa shape index (κ3) is 2.61. The van der Waals surface area contributed by atoms with Gasteiger partial charge in [-0.2, -0.15) is 0 Å². The van der Waals surface area contributed by atoms with E-state index in [4.69, 9.17) is 9.47 Å². The predicted octanol–water partition coefficient (Wildman–Crippen LogP) is 2.15. The first kappa shape index (κ1) is 13.3. The Balaban J connectivity index is 1.68. The molecule has 0 aliphatic carbocycles. The lowest BCUT2D eigenvalue weighted by Crippen LogP contribution is -2.35. The summed E-state index contributed by atoms with van der Waals surface area (Å²) >= 11 is 0. The van der Waals surface area contributed by atoms with Crippen molar-refractivity contribution in [1.29, 1.82) is 0 Å². The normalized spacial score (nSPS) is 24.6. The van der Waals surface area contributed by atoms with Crippen molar-refractivity contribution in [3.8, 4) is 0 Å². The summed E-state index contributed by atoms with van der Waals surface area (Å²) in [5.41, 5.74) is 1.44. The summed E-state index contributed by atoms with van der Waals surface area (Å²) in [6, 6.07) is 7.39. The summed E-state index contributed by atoms with van der Waals surface area (Å²) in [5, 5.41) is 0. The van der Waals surface area contributed by atoms with Gasteiger partial charge in [-0.25, -0.2) is 0 Å². The average Bonchev–Trinajstić information content (AvgIpc) is 2.76. The molecule has 4 heteroatoms. The second kappa shape index (κ2) is 5.37. The number of hydrogen-bond donors (Lipinski definition) is 0. The van der Waals surface area contributed by atoms with Crippen molar-refractivity contribution in [1.82, 2.24) is 0 Å². The number of ether oxygens (including phenoxy) is 2. The topological polar surface area (TPSA) is 52.6 Å². The fraction of sp³-hybridized carbons (Fsp3) is 0.500. The molecule has 2 aliphatic heterocycles. The molecule has 20 heavy (non-hydrogen) atoms. The molecule has 2 heterocycles. The van der Waals surface area contributed by atoms with E-state index in [1.165, 1.54) is 0 Å². The minimum absolute atomic E-state index is 0.0739. The van der Waals surface area contributed by atoms with Crippen LogP contribution in [0.1, 0.15) is 35.2 Å². The van der Waals surface area contributed by atoms with Crippen LogP contribution in [0.3, 0.4) is 0 Å². The Morgan fingerprint density at radius 3 is 2.55 bits per heavy atom. The van der Waals surface area contributed by atoms with Crippen LogP contribution in [-0.4, -0.2) is 31.1 Å². The Morgan fingerprint density at radius 1 is 1.20 bits per heavy atom. The average molecular weight is 274 g/mol. The second-order valence-electron chi connectivity index (χ2n) is 5.68. The molecule has 2 aliphatic rings. The Hall–Kier alpha value is -1.68. The van der Waals surface area contributed by atoms with Crippen molar-refractivity contribution in [2.45, 2.75) is 31.3 Å². The molecule has 1 spiro atoms. The van der Waals surface area contributed by atoms with Gasteiger partial charge in [0.25, 0.3) is 0 Å². The molecule has 1 unspecified atom stereocenters. The maximum absolute atomic E-state index is 12.1. The number of esters is 1. The molecule has 2 fully saturated rings. The van der Waals surface area contributed by atoms with E-state index in [-0.39, 0.29) is 17.5 Å². The monoisotopic (exact) mass is 274 g/mol. The van der Waals surface area contributed by atoms with Crippen LogP contribution in [0.15, 0.2) is 24.3 Å². The minimum atomic E-state index is -0.289. The third-order valence-electron chi connectivity index (χ3n) is 4.27. The SMILES string of the molecule is O=Cc1ccc(CC2CC3(CCOCC3)OC2=O)cc1. The van der Waals surface area contributed by atoms with Gasteiger partial charge in [0.2, 0.25) is 0 Å². The summed E-state index contributed by atoms with van der Waals surface area (Å²) in [4.78, 5) is 22.7. The van der Waals surface area contributed by atoms with Crippen molar-refractivity contribution in [3.05, 3.63) is 35.4 Å². The molecule has 2 saturated heterocycles. The van der Waals surface area contributed by atoms with E-state index in [0.29, 0.717) is 25.2 Å². The van der Waals surface area contributed by atoms with E-state index >= 15 is 0 Å². The lowest BCUT2D eigenvalue weighted by Gasteiger charge is -2.31. The van der Waals surface area contributed by atoms with E-state index in [9.17, 15) is 9.59 Å². The van der Waals surface area contributed by atoms with Crippen LogP contribution in [0.5, 0.6) is 0 Å².